The van der Waals surface area contributed by atoms with Crippen LogP contribution in [-0.2, 0) is 10.2 Å². The highest BCUT2D eigenvalue weighted by atomic mass is 16.5. The van der Waals surface area contributed by atoms with Gasteiger partial charge in [0.15, 0.2) is 0 Å². The SMILES string of the molecule is CC.COc1ccc2c(c1)C(C)(C)CC(=O)N2. The maximum atomic E-state index is 11.5. The molecule has 0 saturated carbocycles. The molecule has 2 rings (SSSR count). The zero-order valence-corrected chi connectivity index (χ0v) is 11.3. The summed E-state index contributed by atoms with van der Waals surface area (Å²) in [7, 11) is 1.65. The number of amides is 1. The van der Waals surface area contributed by atoms with Gasteiger partial charge >= 0.3 is 0 Å². The first-order chi connectivity index (χ1) is 8.03. The van der Waals surface area contributed by atoms with Crippen LogP contribution in [0.3, 0.4) is 0 Å². The second-order valence-corrected chi connectivity index (χ2v) is 4.52. The molecular formula is C14H21NO2. The van der Waals surface area contributed by atoms with Crippen molar-refractivity contribution in [2.75, 3.05) is 12.4 Å². The minimum atomic E-state index is -0.119. The van der Waals surface area contributed by atoms with E-state index < -0.39 is 0 Å². The second kappa shape index (κ2) is 5.21. The van der Waals surface area contributed by atoms with Crippen LogP contribution in [0.25, 0.3) is 0 Å². The first-order valence-corrected chi connectivity index (χ1v) is 6.01. The van der Waals surface area contributed by atoms with Crippen molar-refractivity contribution in [1.29, 1.82) is 0 Å². The maximum absolute atomic E-state index is 11.5. The Bertz CT molecular complexity index is 411. The lowest BCUT2D eigenvalue weighted by molar-refractivity contribution is -0.117. The number of hydrogen-bond acceptors (Lipinski definition) is 2. The lowest BCUT2D eigenvalue weighted by Gasteiger charge is -2.32. The first kappa shape index (κ1) is 13.6. The molecule has 0 atom stereocenters. The quantitative estimate of drug-likeness (QED) is 0.810. The normalized spacial score (nSPS) is 16.2. The number of carbonyl (C=O) groups excluding carboxylic acids is 1. The number of carbonyl (C=O) groups is 1. The fourth-order valence-corrected chi connectivity index (χ4v) is 2.01. The van der Waals surface area contributed by atoms with Crippen LogP contribution in [0.1, 0.15) is 39.7 Å². The minimum Gasteiger partial charge on any atom is -0.497 e. The Labute approximate surface area is 103 Å². The predicted octanol–water partition coefficient (Wildman–Crippen LogP) is 3.34. The van der Waals surface area contributed by atoms with Gasteiger partial charge in [0.2, 0.25) is 5.91 Å². The smallest absolute Gasteiger partial charge is 0.225 e. The molecule has 1 N–H and O–H groups in total. The molecule has 1 aliphatic rings. The van der Waals surface area contributed by atoms with Crippen molar-refractivity contribution in [2.45, 2.75) is 39.5 Å². The Morgan fingerprint density at radius 2 is 1.94 bits per heavy atom. The number of fused-ring (bicyclic) bond motifs is 1. The molecule has 0 aliphatic carbocycles. The van der Waals surface area contributed by atoms with Gasteiger partial charge in [0.25, 0.3) is 0 Å². The van der Waals surface area contributed by atoms with E-state index in [1.807, 2.05) is 32.0 Å². The van der Waals surface area contributed by atoms with Crippen LogP contribution in [0.15, 0.2) is 18.2 Å². The fourth-order valence-electron chi connectivity index (χ4n) is 2.01. The lowest BCUT2D eigenvalue weighted by atomic mass is 9.78. The molecule has 1 aromatic carbocycles. The fraction of sp³-hybridized carbons (Fsp3) is 0.500. The highest BCUT2D eigenvalue weighted by Gasteiger charge is 2.31. The van der Waals surface area contributed by atoms with Gasteiger partial charge in [0.1, 0.15) is 5.75 Å². The van der Waals surface area contributed by atoms with Crippen molar-refractivity contribution in [3.63, 3.8) is 0 Å². The summed E-state index contributed by atoms with van der Waals surface area (Å²) in [6.45, 7) is 8.15. The van der Waals surface area contributed by atoms with Crippen LogP contribution in [0.2, 0.25) is 0 Å². The third kappa shape index (κ3) is 2.78. The number of nitrogens with one attached hydrogen (secondary N) is 1. The van der Waals surface area contributed by atoms with E-state index in [2.05, 4.69) is 19.2 Å². The summed E-state index contributed by atoms with van der Waals surface area (Å²) in [4.78, 5) is 11.5. The topological polar surface area (TPSA) is 38.3 Å². The molecule has 17 heavy (non-hydrogen) atoms. The van der Waals surface area contributed by atoms with Crippen molar-refractivity contribution < 1.29 is 9.53 Å². The van der Waals surface area contributed by atoms with Gasteiger partial charge in [-0.25, -0.2) is 0 Å². The Morgan fingerprint density at radius 1 is 1.29 bits per heavy atom. The van der Waals surface area contributed by atoms with Crippen molar-refractivity contribution in [3.05, 3.63) is 23.8 Å². The molecule has 1 aromatic rings. The summed E-state index contributed by atoms with van der Waals surface area (Å²) in [6.07, 6.45) is 0.521. The van der Waals surface area contributed by atoms with Crippen LogP contribution in [0, 0.1) is 0 Å². The molecule has 1 aliphatic heterocycles. The molecule has 3 nitrogen and oxygen atoms in total. The third-order valence-electron chi connectivity index (χ3n) is 2.83. The molecule has 0 fully saturated rings. The van der Waals surface area contributed by atoms with E-state index in [9.17, 15) is 4.79 Å². The number of rotatable bonds is 1. The molecule has 0 spiro atoms. The number of methoxy groups -OCH3 is 1. The van der Waals surface area contributed by atoms with Gasteiger partial charge in [-0.3, -0.25) is 4.79 Å². The third-order valence-corrected chi connectivity index (χ3v) is 2.83. The average Bonchev–Trinajstić information content (AvgIpc) is 2.30. The Hall–Kier alpha value is -1.51. The molecule has 0 bridgehead atoms. The van der Waals surface area contributed by atoms with E-state index in [0.717, 1.165) is 17.0 Å². The Balaban J connectivity index is 0.000000686. The molecule has 0 unspecified atom stereocenters. The van der Waals surface area contributed by atoms with E-state index in [-0.39, 0.29) is 11.3 Å². The van der Waals surface area contributed by atoms with Gasteiger partial charge in [-0.15, -0.1) is 0 Å². The van der Waals surface area contributed by atoms with Crippen molar-refractivity contribution >= 4 is 11.6 Å². The van der Waals surface area contributed by atoms with Gasteiger partial charge in [0, 0.05) is 17.5 Å². The first-order valence-electron chi connectivity index (χ1n) is 6.01. The summed E-state index contributed by atoms with van der Waals surface area (Å²) in [5.74, 6) is 0.913. The van der Waals surface area contributed by atoms with Crippen LogP contribution in [-0.4, -0.2) is 13.0 Å². The van der Waals surface area contributed by atoms with Gasteiger partial charge < -0.3 is 10.1 Å². The average molecular weight is 235 g/mol. The number of benzene rings is 1. The zero-order chi connectivity index (χ0) is 13.1. The second-order valence-electron chi connectivity index (χ2n) is 4.52. The van der Waals surface area contributed by atoms with Crippen molar-refractivity contribution in [3.8, 4) is 5.75 Å². The van der Waals surface area contributed by atoms with Gasteiger partial charge in [-0.1, -0.05) is 27.7 Å². The predicted molar refractivity (Wildman–Crippen MR) is 70.6 cm³/mol. The lowest BCUT2D eigenvalue weighted by Crippen LogP contribution is -2.32. The summed E-state index contributed by atoms with van der Waals surface area (Å²) < 4.78 is 5.19. The van der Waals surface area contributed by atoms with E-state index in [4.69, 9.17) is 4.74 Å². The largest absolute Gasteiger partial charge is 0.497 e. The molecular weight excluding hydrogens is 214 g/mol. The summed E-state index contributed by atoms with van der Waals surface area (Å²) in [5.41, 5.74) is 1.92. The number of anilines is 1. The van der Waals surface area contributed by atoms with Crippen LogP contribution in [0.4, 0.5) is 5.69 Å². The Kier molecular flexibility index (Phi) is 4.16. The van der Waals surface area contributed by atoms with Gasteiger partial charge in [0.05, 0.1) is 7.11 Å². The van der Waals surface area contributed by atoms with Crippen molar-refractivity contribution in [2.24, 2.45) is 0 Å². The summed E-state index contributed by atoms with van der Waals surface area (Å²) in [6, 6.07) is 5.75. The monoisotopic (exact) mass is 235 g/mol. The van der Waals surface area contributed by atoms with Crippen molar-refractivity contribution in [1.82, 2.24) is 0 Å². The van der Waals surface area contributed by atoms with Crippen LogP contribution >= 0.6 is 0 Å². The molecule has 3 heteroatoms. The maximum Gasteiger partial charge on any atom is 0.225 e. The molecule has 0 radical (unpaired) electrons. The molecule has 94 valence electrons. The highest BCUT2D eigenvalue weighted by Crippen LogP contribution is 2.38. The Morgan fingerprint density at radius 3 is 2.53 bits per heavy atom. The molecule has 1 heterocycles. The van der Waals surface area contributed by atoms with Crippen LogP contribution < -0.4 is 10.1 Å². The van der Waals surface area contributed by atoms with E-state index in [1.54, 1.807) is 7.11 Å². The molecule has 0 aromatic heterocycles. The van der Waals surface area contributed by atoms with E-state index in [1.165, 1.54) is 0 Å². The van der Waals surface area contributed by atoms with Gasteiger partial charge in [-0.05, 0) is 23.8 Å². The van der Waals surface area contributed by atoms with E-state index >= 15 is 0 Å². The molecule has 1 amide bonds. The summed E-state index contributed by atoms with van der Waals surface area (Å²) in [5, 5.41) is 2.87. The summed E-state index contributed by atoms with van der Waals surface area (Å²) >= 11 is 0. The van der Waals surface area contributed by atoms with Crippen LogP contribution in [0.5, 0.6) is 5.75 Å². The molecule has 0 saturated heterocycles. The zero-order valence-electron chi connectivity index (χ0n) is 11.3. The number of ether oxygens (including phenoxy) is 1. The minimum absolute atomic E-state index is 0.0812. The van der Waals surface area contributed by atoms with Gasteiger partial charge in [-0.2, -0.15) is 0 Å². The van der Waals surface area contributed by atoms with E-state index in [0.29, 0.717) is 6.42 Å². The standard InChI is InChI=1S/C12H15NO2.C2H6/c1-12(2)7-11(14)13-10-5-4-8(15-3)6-9(10)12;1-2/h4-6H,7H2,1-3H3,(H,13,14);1-2H3. The number of hydrogen-bond donors (Lipinski definition) is 1. The highest BCUT2D eigenvalue weighted by molar-refractivity contribution is 5.95.